The molecule has 0 radical (unpaired) electrons. The Balaban J connectivity index is 2.01. The highest BCUT2D eigenvalue weighted by Crippen LogP contribution is 2.24. The van der Waals surface area contributed by atoms with Gasteiger partial charge in [-0.25, -0.2) is 4.98 Å². The zero-order valence-electron chi connectivity index (χ0n) is 10.8. The maximum absolute atomic E-state index is 5.46. The number of nitrogens with zero attached hydrogens (tertiary/aromatic N) is 4. The topological polar surface area (TPSA) is 68.8 Å². The van der Waals surface area contributed by atoms with Crippen LogP contribution in [0.4, 0.5) is 0 Å². The Kier molecular flexibility index (Phi) is 2.66. The van der Waals surface area contributed by atoms with Crippen LogP contribution in [0.1, 0.15) is 44.4 Å². The molecule has 3 rings (SSSR count). The first-order valence-corrected chi connectivity index (χ1v) is 6.29. The van der Waals surface area contributed by atoms with E-state index in [1.807, 2.05) is 0 Å². The lowest BCUT2D eigenvalue weighted by Gasteiger charge is -2.21. The monoisotopic (exact) mass is 247 g/mol. The fourth-order valence-electron chi connectivity index (χ4n) is 2.19. The molecule has 96 valence electrons. The van der Waals surface area contributed by atoms with E-state index in [4.69, 9.17) is 4.42 Å². The molecule has 1 aliphatic heterocycles. The van der Waals surface area contributed by atoms with Crippen molar-refractivity contribution in [2.24, 2.45) is 0 Å². The summed E-state index contributed by atoms with van der Waals surface area (Å²) >= 11 is 0. The molecule has 0 saturated heterocycles. The Hall–Kier alpha value is -1.69. The standard InChI is InChI=1S/C12H17N5O/c1-7(2)12-14-9(6-18-12)11-16-15-10-8(3)13-4-5-17(10)11/h6-8,13H,4-5H2,1-3H3/t8-/m1/s1. The van der Waals surface area contributed by atoms with Crippen LogP contribution in [0.25, 0.3) is 11.5 Å². The van der Waals surface area contributed by atoms with Gasteiger partial charge < -0.3 is 14.3 Å². The van der Waals surface area contributed by atoms with Gasteiger partial charge in [-0.2, -0.15) is 0 Å². The Bertz CT molecular complexity index is 557. The van der Waals surface area contributed by atoms with Crippen molar-refractivity contribution in [3.8, 4) is 11.5 Å². The molecular formula is C12H17N5O. The van der Waals surface area contributed by atoms with E-state index in [1.165, 1.54) is 0 Å². The van der Waals surface area contributed by atoms with Gasteiger partial charge in [-0.05, 0) is 6.92 Å². The molecule has 0 aromatic carbocycles. The van der Waals surface area contributed by atoms with Crippen LogP contribution in [0.5, 0.6) is 0 Å². The van der Waals surface area contributed by atoms with Gasteiger partial charge >= 0.3 is 0 Å². The minimum absolute atomic E-state index is 0.233. The van der Waals surface area contributed by atoms with Crippen molar-refractivity contribution < 1.29 is 4.42 Å². The van der Waals surface area contributed by atoms with Gasteiger partial charge in [-0.15, -0.1) is 10.2 Å². The lowest BCUT2D eigenvalue weighted by Crippen LogP contribution is -2.32. The molecule has 1 N–H and O–H groups in total. The zero-order chi connectivity index (χ0) is 12.7. The summed E-state index contributed by atoms with van der Waals surface area (Å²) in [7, 11) is 0. The number of hydrogen-bond acceptors (Lipinski definition) is 5. The van der Waals surface area contributed by atoms with Crippen LogP contribution < -0.4 is 5.32 Å². The summed E-state index contributed by atoms with van der Waals surface area (Å²) in [6, 6.07) is 0.233. The highest BCUT2D eigenvalue weighted by molar-refractivity contribution is 5.48. The van der Waals surface area contributed by atoms with Gasteiger partial charge in [0.1, 0.15) is 17.8 Å². The van der Waals surface area contributed by atoms with E-state index in [2.05, 4.69) is 45.8 Å². The first kappa shape index (κ1) is 11.4. The van der Waals surface area contributed by atoms with Crippen molar-refractivity contribution in [1.29, 1.82) is 0 Å². The summed E-state index contributed by atoms with van der Waals surface area (Å²) in [6.07, 6.45) is 1.67. The molecule has 0 spiro atoms. The van der Waals surface area contributed by atoms with Crippen molar-refractivity contribution in [1.82, 2.24) is 25.1 Å². The van der Waals surface area contributed by atoms with Crippen molar-refractivity contribution in [2.75, 3.05) is 6.54 Å². The zero-order valence-corrected chi connectivity index (χ0v) is 10.8. The molecule has 0 amide bonds. The fraction of sp³-hybridized carbons (Fsp3) is 0.583. The number of hydrogen-bond donors (Lipinski definition) is 1. The lowest BCUT2D eigenvalue weighted by molar-refractivity contribution is 0.438. The molecule has 6 nitrogen and oxygen atoms in total. The molecule has 0 fully saturated rings. The number of aromatic nitrogens is 4. The quantitative estimate of drug-likeness (QED) is 0.875. The number of nitrogens with one attached hydrogen (secondary N) is 1. The average molecular weight is 247 g/mol. The summed E-state index contributed by atoms with van der Waals surface area (Å²) in [5, 5.41) is 11.8. The summed E-state index contributed by atoms with van der Waals surface area (Å²) < 4.78 is 7.57. The van der Waals surface area contributed by atoms with E-state index < -0.39 is 0 Å². The molecule has 2 aromatic heterocycles. The second-order valence-electron chi connectivity index (χ2n) is 4.93. The molecule has 6 heteroatoms. The molecule has 2 aromatic rings. The van der Waals surface area contributed by atoms with E-state index in [0.717, 1.165) is 36.3 Å². The van der Waals surface area contributed by atoms with E-state index in [1.54, 1.807) is 6.26 Å². The SMILES string of the molecule is CC(C)c1nc(-c2nnc3n2CCN[C@@H]3C)co1. The van der Waals surface area contributed by atoms with Gasteiger partial charge in [-0.3, -0.25) is 0 Å². The van der Waals surface area contributed by atoms with E-state index in [-0.39, 0.29) is 12.0 Å². The van der Waals surface area contributed by atoms with Gasteiger partial charge in [0.25, 0.3) is 0 Å². The van der Waals surface area contributed by atoms with E-state index in [0.29, 0.717) is 0 Å². The largest absolute Gasteiger partial charge is 0.448 e. The van der Waals surface area contributed by atoms with Crippen LogP contribution in [0.2, 0.25) is 0 Å². The van der Waals surface area contributed by atoms with Gasteiger partial charge in [0.15, 0.2) is 11.7 Å². The minimum atomic E-state index is 0.233. The molecule has 1 aliphatic rings. The second-order valence-corrected chi connectivity index (χ2v) is 4.93. The van der Waals surface area contributed by atoms with Crippen LogP contribution in [-0.4, -0.2) is 26.3 Å². The van der Waals surface area contributed by atoms with Gasteiger partial charge in [0.2, 0.25) is 0 Å². The first-order valence-electron chi connectivity index (χ1n) is 6.29. The minimum Gasteiger partial charge on any atom is -0.448 e. The number of fused-ring (bicyclic) bond motifs is 1. The number of oxazole rings is 1. The molecule has 1 atom stereocenters. The molecule has 0 unspecified atom stereocenters. The Morgan fingerprint density at radius 3 is 3.00 bits per heavy atom. The maximum atomic E-state index is 5.46. The molecular weight excluding hydrogens is 230 g/mol. The van der Waals surface area contributed by atoms with E-state index >= 15 is 0 Å². The third-order valence-electron chi connectivity index (χ3n) is 3.20. The molecule has 18 heavy (non-hydrogen) atoms. The molecule has 0 bridgehead atoms. The maximum Gasteiger partial charge on any atom is 0.197 e. The van der Waals surface area contributed by atoms with Crippen LogP contribution in [0, 0.1) is 0 Å². The number of rotatable bonds is 2. The van der Waals surface area contributed by atoms with Gasteiger partial charge in [-0.1, -0.05) is 13.8 Å². The Morgan fingerprint density at radius 1 is 1.44 bits per heavy atom. The van der Waals surface area contributed by atoms with Crippen LogP contribution >= 0.6 is 0 Å². The third-order valence-corrected chi connectivity index (χ3v) is 3.20. The Labute approximate surface area is 105 Å². The van der Waals surface area contributed by atoms with Crippen LogP contribution in [0.3, 0.4) is 0 Å². The van der Waals surface area contributed by atoms with Gasteiger partial charge in [0, 0.05) is 19.0 Å². The van der Waals surface area contributed by atoms with Crippen molar-refractivity contribution in [2.45, 2.75) is 39.3 Å². The van der Waals surface area contributed by atoms with Crippen molar-refractivity contribution in [3.63, 3.8) is 0 Å². The summed E-state index contributed by atoms with van der Waals surface area (Å²) in [5.41, 5.74) is 0.770. The Morgan fingerprint density at radius 2 is 2.28 bits per heavy atom. The van der Waals surface area contributed by atoms with Gasteiger partial charge in [0.05, 0.1) is 6.04 Å². The fourth-order valence-corrected chi connectivity index (χ4v) is 2.19. The average Bonchev–Trinajstić information content (AvgIpc) is 2.94. The third kappa shape index (κ3) is 1.73. The molecule has 3 heterocycles. The van der Waals surface area contributed by atoms with Crippen molar-refractivity contribution in [3.05, 3.63) is 18.0 Å². The summed E-state index contributed by atoms with van der Waals surface area (Å²) in [4.78, 5) is 4.47. The predicted molar refractivity (Wildman–Crippen MR) is 66.0 cm³/mol. The highest BCUT2D eigenvalue weighted by Gasteiger charge is 2.23. The second kappa shape index (κ2) is 4.20. The predicted octanol–water partition coefficient (Wildman–Crippen LogP) is 1.72. The van der Waals surface area contributed by atoms with Crippen LogP contribution in [-0.2, 0) is 6.54 Å². The first-order chi connectivity index (χ1) is 8.66. The summed E-state index contributed by atoms with van der Waals surface area (Å²) in [6.45, 7) is 7.99. The van der Waals surface area contributed by atoms with Crippen molar-refractivity contribution >= 4 is 0 Å². The smallest absolute Gasteiger partial charge is 0.197 e. The summed E-state index contributed by atoms with van der Waals surface area (Å²) in [5.74, 6) is 2.78. The normalized spacial score (nSPS) is 19.2. The molecule has 0 aliphatic carbocycles. The molecule has 0 saturated carbocycles. The highest BCUT2D eigenvalue weighted by atomic mass is 16.3. The lowest BCUT2D eigenvalue weighted by atomic mass is 10.2. The van der Waals surface area contributed by atoms with E-state index in [9.17, 15) is 0 Å². The van der Waals surface area contributed by atoms with Crippen LogP contribution in [0.15, 0.2) is 10.7 Å².